The number of ether oxygens (including phenoxy) is 2. The Morgan fingerprint density at radius 3 is 2.52 bits per heavy atom. The van der Waals surface area contributed by atoms with Gasteiger partial charge in [0.1, 0.15) is 5.58 Å². The minimum atomic E-state index is -0.184. The molecule has 0 N–H and O–H groups in total. The molecule has 0 fully saturated rings. The van der Waals surface area contributed by atoms with Crippen LogP contribution in [-0.2, 0) is 0 Å². The van der Waals surface area contributed by atoms with Crippen molar-refractivity contribution in [3.63, 3.8) is 0 Å². The van der Waals surface area contributed by atoms with Crippen molar-refractivity contribution in [2.24, 2.45) is 0 Å². The van der Waals surface area contributed by atoms with Crippen LogP contribution in [0.4, 0.5) is 0 Å². The van der Waals surface area contributed by atoms with Gasteiger partial charge >= 0.3 is 0 Å². The lowest BCUT2D eigenvalue weighted by Crippen LogP contribution is -1.92. The number of fused-ring (bicyclic) bond motifs is 1. The molecule has 4 heteroatoms. The lowest BCUT2D eigenvalue weighted by molar-refractivity contribution is 0.102. The number of hydrogen-bond donors (Lipinski definition) is 0. The van der Waals surface area contributed by atoms with Crippen LogP contribution in [0.15, 0.2) is 59.0 Å². The van der Waals surface area contributed by atoms with Gasteiger partial charge in [-0.05, 0) is 35.9 Å². The quantitative estimate of drug-likeness (QED) is 0.519. The highest BCUT2D eigenvalue weighted by Gasteiger charge is 2.09. The molecule has 0 aliphatic rings. The zero-order chi connectivity index (χ0) is 16.2. The van der Waals surface area contributed by atoms with Gasteiger partial charge in [-0.1, -0.05) is 30.3 Å². The van der Waals surface area contributed by atoms with Gasteiger partial charge in [0.25, 0.3) is 0 Å². The fourth-order valence-electron chi connectivity index (χ4n) is 2.31. The Morgan fingerprint density at radius 1 is 1.00 bits per heavy atom. The third kappa shape index (κ3) is 3.11. The Labute approximate surface area is 133 Å². The van der Waals surface area contributed by atoms with E-state index in [4.69, 9.17) is 13.9 Å². The zero-order valence-corrected chi connectivity index (χ0v) is 12.9. The van der Waals surface area contributed by atoms with Crippen molar-refractivity contribution < 1.29 is 18.7 Å². The van der Waals surface area contributed by atoms with Gasteiger partial charge in [-0.2, -0.15) is 0 Å². The molecule has 116 valence electrons. The van der Waals surface area contributed by atoms with Crippen molar-refractivity contribution in [1.82, 2.24) is 0 Å². The van der Waals surface area contributed by atoms with Crippen molar-refractivity contribution >= 4 is 22.8 Å². The Bertz CT molecular complexity index is 841. The van der Waals surface area contributed by atoms with E-state index < -0.39 is 0 Å². The summed E-state index contributed by atoms with van der Waals surface area (Å²) >= 11 is 0. The average Bonchev–Trinajstić information content (AvgIpc) is 3.03. The first-order valence-corrected chi connectivity index (χ1v) is 7.14. The van der Waals surface area contributed by atoms with E-state index in [0.29, 0.717) is 22.8 Å². The van der Waals surface area contributed by atoms with Crippen LogP contribution >= 0.6 is 0 Å². The number of rotatable bonds is 5. The van der Waals surface area contributed by atoms with E-state index in [1.54, 1.807) is 38.5 Å². The number of ketones is 1. The number of carbonyl (C=O) groups is 1. The highest BCUT2D eigenvalue weighted by atomic mass is 16.5. The third-order valence-electron chi connectivity index (χ3n) is 3.50. The van der Waals surface area contributed by atoms with Crippen LogP contribution < -0.4 is 9.47 Å². The van der Waals surface area contributed by atoms with E-state index in [-0.39, 0.29) is 5.78 Å². The van der Waals surface area contributed by atoms with Gasteiger partial charge in [-0.3, -0.25) is 4.79 Å². The van der Waals surface area contributed by atoms with Crippen LogP contribution in [0.1, 0.15) is 16.1 Å². The average molecular weight is 308 g/mol. The summed E-state index contributed by atoms with van der Waals surface area (Å²) in [5.74, 6) is 1.40. The van der Waals surface area contributed by atoms with Gasteiger partial charge in [0.2, 0.25) is 5.78 Å². The molecule has 1 heterocycles. The Kier molecular flexibility index (Phi) is 4.15. The summed E-state index contributed by atoms with van der Waals surface area (Å²) in [5, 5.41) is 0.912. The fourth-order valence-corrected chi connectivity index (χ4v) is 2.31. The van der Waals surface area contributed by atoms with Crippen LogP contribution in [0.25, 0.3) is 17.0 Å². The van der Waals surface area contributed by atoms with Crippen LogP contribution in [0.3, 0.4) is 0 Å². The number of allylic oxidation sites excluding steroid dienone is 1. The summed E-state index contributed by atoms with van der Waals surface area (Å²) in [5.41, 5.74) is 1.54. The number of methoxy groups -OCH3 is 2. The number of furan rings is 1. The summed E-state index contributed by atoms with van der Waals surface area (Å²) in [7, 11) is 3.16. The van der Waals surface area contributed by atoms with Gasteiger partial charge in [0.05, 0.1) is 14.2 Å². The van der Waals surface area contributed by atoms with Gasteiger partial charge < -0.3 is 13.9 Å². The maximum atomic E-state index is 12.2. The summed E-state index contributed by atoms with van der Waals surface area (Å²) < 4.78 is 16.0. The Balaban J connectivity index is 1.83. The molecule has 3 aromatic rings. The Hall–Kier alpha value is -3.01. The topological polar surface area (TPSA) is 48.7 Å². The van der Waals surface area contributed by atoms with Gasteiger partial charge in [0.15, 0.2) is 17.3 Å². The van der Waals surface area contributed by atoms with Crippen LogP contribution in [0.5, 0.6) is 11.5 Å². The lowest BCUT2D eigenvalue weighted by atomic mass is 10.1. The molecule has 0 saturated carbocycles. The molecular formula is C19H16O4. The molecule has 0 aliphatic heterocycles. The molecule has 23 heavy (non-hydrogen) atoms. The van der Waals surface area contributed by atoms with E-state index in [1.165, 1.54) is 6.08 Å². The summed E-state index contributed by atoms with van der Waals surface area (Å²) in [4.78, 5) is 12.2. The summed E-state index contributed by atoms with van der Waals surface area (Å²) in [6.45, 7) is 0. The van der Waals surface area contributed by atoms with Crippen molar-refractivity contribution in [2.45, 2.75) is 0 Å². The molecular weight excluding hydrogens is 292 g/mol. The first-order valence-electron chi connectivity index (χ1n) is 7.14. The minimum Gasteiger partial charge on any atom is -0.493 e. The van der Waals surface area contributed by atoms with E-state index in [0.717, 1.165) is 10.9 Å². The van der Waals surface area contributed by atoms with E-state index >= 15 is 0 Å². The molecule has 0 spiro atoms. The van der Waals surface area contributed by atoms with Gasteiger partial charge in [-0.25, -0.2) is 0 Å². The second-order valence-electron chi connectivity index (χ2n) is 4.96. The summed E-state index contributed by atoms with van der Waals surface area (Å²) in [6.07, 6.45) is 3.20. The Morgan fingerprint density at radius 2 is 1.78 bits per heavy atom. The second-order valence-corrected chi connectivity index (χ2v) is 4.96. The number of carbonyl (C=O) groups excluding carboxylic acids is 1. The number of hydrogen-bond acceptors (Lipinski definition) is 4. The summed E-state index contributed by atoms with van der Waals surface area (Å²) in [6, 6.07) is 14.7. The third-order valence-corrected chi connectivity index (χ3v) is 3.50. The first kappa shape index (κ1) is 14.9. The highest BCUT2D eigenvalue weighted by Crippen LogP contribution is 2.28. The molecule has 1 aromatic heterocycles. The molecule has 4 nitrogen and oxygen atoms in total. The second kappa shape index (κ2) is 6.40. The largest absolute Gasteiger partial charge is 0.493 e. The van der Waals surface area contributed by atoms with E-state index in [1.807, 2.05) is 30.3 Å². The molecule has 3 rings (SSSR count). The minimum absolute atomic E-state index is 0.184. The maximum Gasteiger partial charge on any atom is 0.221 e. The molecule has 0 radical (unpaired) electrons. The fraction of sp³-hybridized carbons (Fsp3) is 0.105. The molecule has 0 unspecified atom stereocenters. The predicted molar refractivity (Wildman–Crippen MR) is 89.1 cm³/mol. The van der Waals surface area contributed by atoms with Crippen LogP contribution in [0.2, 0.25) is 0 Å². The predicted octanol–water partition coefficient (Wildman–Crippen LogP) is 4.35. The monoisotopic (exact) mass is 308 g/mol. The van der Waals surface area contributed by atoms with Gasteiger partial charge in [0, 0.05) is 5.39 Å². The normalized spacial score (nSPS) is 11.0. The lowest BCUT2D eigenvalue weighted by Gasteiger charge is -2.07. The maximum absolute atomic E-state index is 12.2. The smallest absolute Gasteiger partial charge is 0.221 e. The van der Waals surface area contributed by atoms with Gasteiger partial charge in [-0.15, -0.1) is 0 Å². The SMILES string of the molecule is COc1ccc(C=CC(=O)c2cc3ccccc3o2)cc1OC. The van der Waals surface area contributed by atoms with Crippen molar-refractivity contribution in [2.75, 3.05) is 14.2 Å². The molecule has 2 aromatic carbocycles. The van der Waals surface area contributed by atoms with E-state index in [2.05, 4.69) is 0 Å². The first-order chi connectivity index (χ1) is 11.2. The van der Waals surface area contributed by atoms with Crippen molar-refractivity contribution in [3.8, 4) is 11.5 Å². The number of benzene rings is 2. The standard InChI is InChI=1S/C19H16O4/c1-21-17-10-8-13(11-19(17)22-2)7-9-15(20)18-12-14-5-3-4-6-16(14)23-18/h3-12H,1-2H3. The van der Waals surface area contributed by atoms with Crippen molar-refractivity contribution in [3.05, 3.63) is 65.9 Å². The molecule has 0 saturated heterocycles. The zero-order valence-electron chi connectivity index (χ0n) is 12.9. The highest BCUT2D eigenvalue weighted by molar-refractivity contribution is 6.06. The molecule has 0 atom stereocenters. The molecule has 0 amide bonds. The van der Waals surface area contributed by atoms with E-state index in [9.17, 15) is 4.79 Å². The molecule has 0 bridgehead atoms. The van der Waals surface area contributed by atoms with Crippen LogP contribution in [0, 0.1) is 0 Å². The van der Waals surface area contributed by atoms with Crippen molar-refractivity contribution in [1.29, 1.82) is 0 Å². The van der Waals surface area contributed by atoms with Crippen LogP contribution in [-0.4, -0.2) is 20.0 Å². The molecule has 0 aliphatic carbocycles. The number of para-hydroxylation sites is 1.